The van der Waals surface area contributed by atoms with Crippen molar-refractivity contribution in [2.24, 2.45) is 5.10 Å². The maximum absolute atomic E-state index is 12.2. The first-order chi connectivity index (χ1) is 18.2. The molecular formula is C20H16N6O11S2. The van der Waals surface area contributed by atoms with Gasteiger partial charge in [0.1, 0.15) is 10.6 Å². The fourth-order valence-electron chi connectivity index (χ4n) is 3.50. The van der Waals surface area contributed by atoms with Crippen molar-refractivity contribution in [2.45, 2.75) is 9.79 Å². The number of ether oxygens (including phenoxy) is 1. The second kappa shape index (κ2) is 9.89. The summed E-state index contributed by atoms with van der Waals surface area (Å²) in [6.45, 7) is 0. The Balaban J connectivity index is 1.94. The lowest BCUT2D eigenvalue weighted by Gasteiger charge is -2.24. The summed E-state index contributed by atoms with van der Waals surface area (Å²) in [4.78, 5) is 19.2. The van der Waals surface area contributed by atoms with Crippen molar-refractivity contribution in [3.05, 3.63) is 86.5 Å². The lowest BCUT2D eigenvalue weighted by molar-refractivity contribution is -0.385. The Bertz CT molecular complexity index is 1740. The van der Waals surface area contributed by atoms with Gasteiger partial charge in [-0.25, -0.2) is 5.01 Å². The number of rotatable bonds is 8. The number of hydrogen-bond donors (Lipinski definition) is 3. The van der Waals surface area contributed by atoms with Gasteiger partial charge in [-0.3, -0.25) is 29.3 Å². The summed E-state index contributed by atoms with van der Waals surface area (Å²) in [6, 6.07) is 10.8. The fraction of sp³-hybridized carbons (Fsp3) is 0.0500. The molecule has 0 bridgehead atoms. The molecule has 1 aliphatic rings. The van der Waals surface area contributed by atoms with Gasteiger partial charge in [0.15, 0.2) is 11.6 Å². The molecule has 3 N–H and O–H groups in total. The fourth-order valence-corrected chi connectivity index (χ4v) is 4.80. The zero-order valence-electron chi connectivity index (χ0n) is 19.4. The normalized spacial score (nSPS) is 13.8. The topological polar surface area (TPSA) is 235 Å². The number of nitro benzene ring substituents is 2. The van der Waals surface area contributed by atoms with Crippen molar-refractivity contribution in [3.8, 4) is 5.75 Å². The van der Waals surface area contributed by atoms with E-state index in [1.165, 1.54) is 37.4 Å². The van der Waals surface area contributed by atoms with Crippen LogP contribution in [-0.2, 0) is 20.2 Å². The van der Waals surface area contributed by atoms with Gasteiger partial charge in [0, 0.05) is 23.8 Å². The van der Waals surface area contributed by atoms with Gasteiger partial charge < -0.3 is 4.74 Å². The Morgan fingerprint density at radius 2 is 1.49 bits per heavy atom. The molecule has 204 valence electrons. The molecule has 0 amide bonds. The third-order valence-electron chi connectivity index (χ3n) is 5.29. The first-order valence-electron chi connectivity index (χ1n) is 10.3. The number of anilines is 2. The minimum Gasteiger partial charge on any atom is -0.494 e. The van der Waals surface area contributed by atoms with Crippen molar-refractivity contribution in [1.82, 2.24) is 5.53 Å². The summed E-state index contributed by atoms with van der Waals surface area (Å²) in [5.74, 6) is -0.354. The summed E-state index contributed by atoms with van der Waals surface area (Å²) < 4.78 is 72.2. The van der Waals surface area contributed by atoms with E-state index in [-0.39, 0.29) is 39.9 Å². The number of hydrazone groups is 1. The summed E-state index contributed by atoms with van der Waals surface area (Å²) in [5.41, 5.74) is 2.11. The molecule has 1 heterocycles. The summed E-state index contributed by atoms with van der Waals surface area (Å²) in [5, 5.41) is 28.7. The molecule has 0 unspecified atom stereocenters. The molecule has 0 aliphatic carbocycles. The van der Waals surface area contributed by atoms with E-state index in [9.17, 15) is 46.2 Å². The van der Waals surface area contributed by atoms with E-state index in [0.29, 0.717) is 6.07 Å². The molecule has 0 spiro atoms. The second-order valence-electron chi connectivity index (χ2n) is 7.67. The molecule has 0 radical (unpaired) electrons. The zero-order chi connectivity index (χ0) is 28.7. The Morgan fingerprint density at radius 3 is 2.03 bits per heavy atom. The molecule has 3 aromatic carbocycles. The van der Waals surface area contributed by atoms with Crippen molar-refractivity contribution < 1.29 is 40.5 Å². The smallest absolute Gasteiger partial charge is 0.295 e. The highest BCUT2D eigenvalue weighted by Gasteiger charge is 2.34. The summed E-state index contributed by atoms with van der Waals surface area (Å²) in [7, 11) is -8.77. The summed E-state index contributed by atoms with van der Waals surface area (Å²) >= 11 is 0. The average Bonchev–Trinajstić information content (AvgIpc) is 3.32. The number of non-ortho nitro benzene ring substituents is 2. The average molecular weight is 581 g/mol. The number of benzene rings is 3. The van der Waals surface area contributed by atoms with Crippen molar-refractivity contribution in [1.29, 1.82) is 0 Å². The molecule has 0 saturated heterocycles. The molecule has 1 aliphatic heterocycles. The van der Waals surface area contributed by atoms with Gasteiger partial charge in [0.2, 0.25) is 0 Å². The highest BCUT2D eigenvalue weighted by atomic mass is 32.2. The quantitative estimate of drug-likeness (QED) is 0.197. The summed E-state index contributed by atoms with van der Waals surface area (Å²) in [6.07, 6.45) is 0. The molecule has 0 aromatic heterocycles. The number of nitrogens with one attached hydrogen (secondary N) is 1. The minimum absolute atomic E-state index is 0.0615. The van der Waals surface area contributed by atoms with Gasteiger partial charge in [-0.05, 0) is 36.4 Å². The van der Waals surface area contributed by atoms with Crippen LogP contribution in [0.15, 0.2) is 75.6 Å². The van der Waals surface area contributed by atoms with Crippen LogP contribution < -0.4 is 20.4 Å². The molecule has 3 aromatic rings. The third kappa shape index (κ3) is 5.46. The Morgan fingerprint density at radius 1 is 0.872 bits per heavy atom. The van der Waals surface area contributed by atoms with E-state index < -0.39 is 39.9 Å². The van der Waals surface area contributed by atoms with E-state index >= 15 is 0 Å². The van der Waals surface area contributed by atoms with Crippen molar-refractivity contribution in [2.75, 3.05) is 17.2 Å². The van der Waals surface area contributed by atoms with E-state index in [0.717, 1.165) is 34.4 Å². The zero-order valence-corrected chi connectivity index (χ0v) is 21.0. The van der Waals surface area contributed by atoms with Crippen molar-refractivity contribution in [3.63, 3.8) is 0 Å². The van der Waals surface area contributed by atoms with E-state index in [1.54, 1.807) is 0 Å². The highest BCUT2D eigenvalue weighted by molar-refractivity contribution is 7.86. The largest absolute Gasteiger partial charge is 0.494 e. The number of methoxy groups -OCH3 is 1. The van der Waals surface area contributed by atoms with Crippen LogP contribution in [0.4, 0.5) is 22.7 Å². The predicted molar refractivity (Wildman–Crippen MR) is 133 cm³/mol. The van der Waals surface area contributed by atoms with Gasteiger partial charge in [0.05, 0.1) is 33.6 Å². The molecule has 0 saturated carbocycles. The van der Waals surface area contributed by atoms with E-state index in [1.807, 2.05) is 0 Å². The maximum Gasteiger partial charge on any atom is 0.295 e. The van der Waals surface area contributed by atoms with Gasteiger partial charge in [-0.1, -0.05) is 0 Å². The molecule has 0 fully saturated rings. The number of amidine groups is 1. The Kier molecular flexibility index (Phi) is 6.93. The van der Waals surface area contributed by atoms with Gasteiger partial charge in [0.25, 0.3) is 31.6 Å². The first-order valence-corrected chi connectivity index (χ1v) is 13.2. The molecule has 0 atom stereocenters. The maximum atomic E-state index is 12.2. The lowest BCUT2D eigenvalue weighted by Crippen LogP contribution is -2.44. The highest BCUT2D eigenvalue weighted by Crippen LogP contribution is 2.36. The van der Waals surface area contributed by atoms with Crippen LogP contribution in [0.2, 0.25) is 0 Å². The molecule has 17 nitrogen and oxygen atoms in total. The number of hydrazine groups is 2. The standard InChI is InChI=1S/C20H16N6O11S2/c1-37-18-10-14(26(29)30)6-9-17(18)23-20(21-24(22-23)12-2-4-13(5-3-12)25(27)28)16-8-7-15(38(31,32)33)11-19(16)39(34,35)36/h2-11,22H,1H3,(H,31,32,33)(H,34,35,36). The lowest BCUT2D eigenvalue weighted by atomic mass is 10.1. The van der Waals surface area contributed by atoms with Crippen molar-refractivity contribution >= 4 is 48.8 Å². The van der Waals surface area contributed by atoms with Crippen LogP contribution in [0.3, 0.4) is 0 Å². The molecule has 39 heavy (non-hydrogen) atoms. The third-order valence-corrected chi connectivity index (χ3v) is 7.03. The van der Waals surface area contributed by atoms with Crippen LogP contribution in [-0.4, -0.2) is 48.7 Å². The number of nitrogens with zero attached hydrogens (tertiary/aromatic N) is 5. The van der Waals surface area contributed by atoms with Crippen LogP contribution in [0.1, 0.15) is 5.56 Å². The van der Waals surface area contributed by atoms with Crippen LogP contribution >= 0.6 is 0 Å². The minimum atomic E-state index is -5.12. The molecule has 4 rings (SSSR count). The SMILES string of the molecule is COc1cc([N+](=O)[O-])ccc1N1NN(c2ccc([N+](=O)[O-])cc2)N=C1c1ccc(S(=O)(=O)O)cc1S(=O)(=O)O. The number of hydrogen-bond acceptors (Lipinski definition) is 13. The molecular weight excluding hydrogens is 564 g/mol. The van der Waals surface area contributed by atoms with E-state index in [2.05, 4.69) is 10.6 Å². The van der Waals surface area contributed by atoms with E-state index in [4.69, 9.17) is 4.74 Å². The van der Waals surface area contributed by atoms with Gasteiger partial charge in [-0.2, -0.15) is 22.0 Å². The van der Waals surface area contributed by atoms with Gasteiger partial charge in [-0.15, -0.1) is 10.6 Å². The first kappa shape index (κ1) is 27.3. The van der Waals surface area contributed by atoms with Crippen LogP contribution in [0, 0.1) is 20.2 Å². The predicted octanol–water partition coefficient (Wildman–Crippen LogP) is 2.11. The Hall–Kier alpha value is -4.69. The monoisotopic (exact) mass is 580 g/mol. The van der Waals surface area contributed by atoms with Gasteiger partial charge >= 0.3 is 0 Å². The number of nitro groups is 2. The van der Waals surface area contributed by atoms with Crippen LogP contribution in [0.5, 0.6) is 5.75 Å². The Labute approximate surface area is 219 Å². The molecule has 19 heteroatoms. The second-order valence-corrected chi connectivity index (χ2v) is 10.5. The van der Waals surface area contributed by atoms with Crippen LogP contribution in [0.25, 0.3) is 0 Å².